The summed E-state index contributed by atoms with van der Waals surface area (Å²) in [7, 11) is 1.49. The summed E-state index contributed by atoms with van der Waals surface area (Å²) in [5, 5.41) is 3.30. The summed E-state index contributed by atoms with van der Waals surface area (Å²) < 4.78 is 18.4. The van der Waals surface area contributed by atoms with Crippen LogP contribution in [0.25, 0.3) is 0 Å². The molecule has 0 radical (unpaired) electrons. The fourth-order valence-electron chi connectivity index (χ4n) is 1.55. The van der Waals surface area contributed by atoms with Gasteiger partial charge in [0.25, 0.3) is 0 Å². The lowest BCUT2D eigenvalue weighted by molar-refractivity contribution is 0.374. The monoisotopic (exact) mass is 211 g/mol. The van der Waals surface area contributed by atoms with E-state index in [4.69, 9.17) is 4.74 Å². The second-order valence-electron chi connectivity index (χ2n) is 3.54. The second-order valence-corrected chi connectivity index (χ2v) is 3.54. The summed E-state index contributed by atoms with van der Waals surface area (Å²) >= 11 is 0. The zero-order valence-electron chi connectivity index (χ0n) is 9.51. The normalized spacial score (nSPS) is 12.5. The zero-order chi connectivity index (χ0) is 11.3. The van der Waals surface area contributed by atoms with E-state index in [1.54, 1.807) is 6.07 Å². The van der Waals surface area contributed by atoms with Crippen LogP contribution in [0.15, 0.2) is 18.2 Å². The highest BCUT2D eigenvalue weighted by molar-refractivity contribution is 5.37. The minimum Gasteiger partial charge on any atom is -0.493 e. The maximum absolute atomic E-state index is 13.4. The molecule has 0 heterocycles. The number of ether oxygens (including phenoxy) is 1. The number of methoxy groups -OCH3 is 1. The van der Waals surface area contributed by atoms with Crippen LogP contribution in [0, 0.1) is 5.82 Å². The molecule has 15 heavy (non-hydrogen) atoms. The van der Waals surface area contributed by atoms with Crippen molar-refractivity contribution in [3.8, 4) is 5.75 Å². The first-order chi connectivity index (χ1) is 7.20. The van der Waals surface area contributed by atoms with Gasteiger partial charge in [0.2, 0.25) is 0 Å². The first-order valence-corrected chi connectivity index (χ1v) is 5.26. The third kappa shape index (κ3) is 2.93. The Morgan fingerprint density at radius 2 is 2.20 bits per heavy atom. The maximum Gasteiger partial charge on any atom is 0.165 e. The fraction of sp³-hybridized carbons (Fsp3) is 0.500. The first-order valence-electron chi connectivity index (χ1n) is 5.26. The molecule has 84 valence electrons. The molecule has 0 saturated heterocycles. The van der Waals surface area contributed by atoms with Crippen LogP contribution in [0.4, 0.5) is 4.39 Å². The van der Waals surface area contributed by atoms with Crippen molar-refractivity contribution >= 4 is 0 Å². The van der Waals surface area contributed by atoms with Crippen molar-refractivity contribution in [2.45, 2.75) is 26.3 Å². The number of benzene rings is 1. The van der Waals surface area contributed by atoms with Gasteiger partial charge in [-0.3, -0.25) is 0 Å². The van der Waals surface area contributed by atoms with Gasteiger partial charge in [-0.25, -0.2) is 4.39 Å². The predicted molar refractivity (Wildman–Crippen MR) is 59.7 cm³/mol. The molecule has 1 unspecified atom stereocenters. The van der Waals surface area contributed by atoms with E-state index in [9.17, 15) is 4.39 Å². The fourth-order valence-corrected chi connectivity index (χ4v) is 1.55. The average molecular weight is 211 g/mol. The Balaban J connectivity index is 2.87. The lowest BCUT2D eigenvalue weighted by atomic mass is 10.1. The molecule has 0 amide bonds. The van der Waals surface area contributed by atoms with E-state index in [1.807, 2.05) is 13.0 Å². The summed E-state index contributed by atoms with van der Waals surface area (Å²) in [5.41, 5.74) is 0.867. The van der Waals surface area contributed by atoms with Gasteiger partial charge in [-0.05, 0) is 26.0 Å². The van der Waals surface area contributed by atoms with E-state index >= 15 is 0 Å². The van der Waals surface area contributed by atoms with E-state index in [-0.39, 0.29) is 11.9 Å². The Morgan fingerprint density at radius 3 is 2.80 bits per heavy atom. The van der Waals surface area contributed by atoms with E-state index in [1.165, 1.54) is 13.2 Å². The van der Waals surface area contributed by atoms with Crippen LogP contribution in [-0.4, -0.2) is 13.7 Å². The van der Waals surface area contributed by atoms with Crippen LogP contribution in [0.2, 0.25) is 0 Å². The molecule has 1 aromatic rings. The Hall–Kier alpha value is -1.09. The second kappa shape index (κ2) is 5.71. The van der Waals surface area contributed by atoms with Gasteiger partial charge in [-0.2, -0.15) is 0 Å². The molecule has 0 bridgehead atoms. The zero-order valence-corrected chi connectivity index (χ0v) is 9.51. The van der Waals surface area contributed by atoms with Crippen molar-refractivity contribution in [2.24, 2.45) is 0 Å². The summed E-state index contributed by atoms with van der Waals surface area (Å²) in [6.45, 7) is 5.02. The summed E-state index contributed by atoms with van der Waals surface area (Å²) in [4.78, 5) is 0. The van der Waals surface area contributed by atoms with Crippen molar-refractivity contribution in [3.05, 3.63) is 29.6 Å². The Bertz CT molecular complexity index is 314. The van der Waals surface area contributed by atoms with E-state index < -0.39 is 0 Å². The number of hydrogen-bond acceptors (Lipinski definition) is 2. The van der Waals surface area contributed by atoms with E-state index in [2.05, 4.69) is 12.2 Å². The van der Waals surface area contributed by atoms with Gasteiger partial charge in [-0.15, -0.1) is 0 Å². The number of halogens is 1. The average Bonchev–Trinajstić information content (AvgIpc) is 2.25. The van der Waals surface area contributed by atoms with Crippen molar-refractivity contribution < 1.29 is 9.13 Å². The van der Waals surface area contributed by atoms with Crippen molar-refractivity contribution in [2.75, 3.05) is 13.7 Å². The molecule has 0 aliphatic heterocycles. The molecule has 0 spiro atoms. The lowest BCUT2D eigenvalue weighted by Gasteiger charge is -2.17. The minimum absolute atomic E-state index is 0.107. The quantitative estimate of drug-likeness (QED) is 0.808. The molecule has 1 aromatic carbocycles. The molecule has 1 N–H and O–H groups in total. The van der Waals surface area contributed by atoms with Crippen LogP contribution in [-0.2, 0) is 0 Å². The van der Waals surface area contributed by atoms with Gasteiger partial charge in [-0.1, -0.05) is 19.1 Å². The van der Waals surface area contributed by atoms with Crippen LogP contribution in [0.5, 0.6) is 5.75 Å². The Labute approximate surface area is 90.4 Å². The van der Waals surface area contributed by atoms with Gasteiger partial charge in [0.05, 0.1) is 7.11 Å². The summed E-state index contributed by atoms with van der Waals surface area (Å²) in [5.74, 6) is 0.0359. The van der Waals surface area contributed by atoms with Gasteiger partial charge in [0.1, 0.15) is 0 Å². The SMILES string of the molecule is CCCNC(C)c1cccc(F)c1OC. The van der Waals surface area contributed by atoms with Crippen LogP contribution in [0.3, 0.4) is 0 Å². The maximum atomic E-state index is 13.4. The third-order valence-electron chi connectivity index (χ3n) is 2.37. The number of nitrogens with one attached hydrogen (secondary N) is 1. The molecular weight excluding hydrogens is 193 g/mol. The van der Waals surface area contributed by atoms with Crippen LogP contribution >= 0.6 is 0 Å². The van der Waals surface area contributed by atoms with Gasteiger partial charge in [0.15, 0.2) is 11.6 Å². The molecule has 0 aliphatic rings. The van der Waals surface area contributed by atoms with Crippen LogP contribution < -0.4 is 10.1 Å². The molecule has 3 heteroatoms. The molecule has 1 rings (SSSR count). The van der Waals surface area contributed by atoms with E-state index in [0.29, 0.717) is 5.75 Å². The smallest absolute Gasteiger partial charge is 0.165 e. The Morgan fingerprint density at radius 1 is 1.47 bits per heavy atom. The van der Waals surface area contributed by atoms with E-state index in [0.717, 1.165) is 18.5 Å². The number of rotatable bonds is 5. The van der Waals surface area contributed by atoms with Crippen molar-refractivity contribution in [3.63, 3.8) is 0 Å². The number of para-hydroxylation sites is 1. The topological polar surface area (TPSA) is 21.3 Å². The summed E-state index contributed by atoms with van der Waals surface area (Å²) in [6.07, 6.45) is 1.06. The molecular formula is C12H18FNO. The molecule has 1 atom stereocenters. The molecule has 0 aromatic heterocycles. The largest absolute Gasteiger partial charge is 0.493 e. The molecule has 2 nitrogen and oxygen atoms in total. The molecule has 0 fully saturated rings. The molecule has 0 aliphatic carbocycles. The highest BCUT2D eigenvalue weighted by Gasteiger charge is 2.13. The van der Waals surface area contributed by atoms with Crippen LogP contribution in [0.1, 0.15) is 31.9 Å². The van der Waals surface area contributed by atoms with Gasteiger partial charge in [0, 0.05) is 11.6 Å². The lowest BCUT2D eigenvalue weighted by Crippen LogP contribution is -2.20. The highest BCUT2D eigenvalue weighted by atomic mass is 19.1. The van der Waals surface area contributed by atoms with Gasteiger partial charge < -0.3 is 10.1 Å². The van der Waals surface area contributed by atoms with Crippen molar-refractivity contribution in [1.29, 1.82) is 0 Å². The first kappa shape index (κ1) is 12.0. The standard InChI is InChI=1S/C12H18FNO/c1-4-8-14-9(2)10-6-5-7-11(13)12(10)15-3/h5-7,9,14H,4,8H2,1-3H3. The predicted octanol–water partition coefficient (Wildman–Crippen LogP) is 2.89. The van der Waals surface area contributed by atoms with Gasteiger partial charge >= 0.3 is 0 Å². The Kier molecular flexibility index (Phi) is 4.56. The minimum atomic E-state index is -0.305. The summed E-state index contributed by atoms with van der Waals surface area (Å²) in [6, 6.07) is 5.11. The number of hydrogen-bond donors (Lipinski definition) is 1. The third-order valence-corrected chi connectivity index (χ3v) is 2.37. The van der Waals surface area contributed by atoms with Crippen molar-refractivity contribution in [1.82, 2.24) is 5.32 Å². The highest BCUT2D eigenvalue weighted by Crippen LogP contribution is 2.27. The molecule has 0 saturated carbocycles.